The summed E-state index contributed by atoms with van der Waals surface area (Å²) in [5, 5.41) is 24.3. The maximum atomic E-state index is 11.6. The molecule has 0 fully saturated rings. The van der Waals surface area contributed by atoms with Crippen molar-refractivity contribution in [2.24, 2.45) is 0 Å². The SMILES string of the molecule is CNC(=O)c1nnc(-c2ccc(Cc3c(C)nn(-c4ccc(C#N)c(Cl)c4)c3C)cc2)o1. The molecule has 0 bridgehead atoms. The lowest BCUT2D eigenvalue weighted by Crippen LogP contribution is -2.17. The predicted molar refractivity (Wildman–Crippen MR) is 119 cm³/mol. The first-order chi connectivity index (χ1) is 15.4. The highest BCUT2D eigenvalue weighted by Crippen LogP contribution is 2.25. The summed E-state index contributed by atoms with van der Waals surface area (Å²) in [5.74, 6) is -0.215. The highest BCUT2D eigenvalue weighted by atomic mass is 35.5. The van der Waals surface area contributed by atoms with Gasteiger partial charge in [0.2, 0.25) is 5.89 Å². The fourth-order valence-electron chi connectivity index (χ4n) is 3.42. The van der Waals surface area contributed by atoms with E-state index in [4.69, 9.17) is 21.3 Å². The summed E-state index contributed by atoms with van der Waals surface area (Å²) < 4.78 is 7.26. The topological polar surface area (TPSA) is 110 Å². The van der Waals surface area contributed by atoms with Crippen molar-refractivity contribution in [1.29, 1.82) is 5.26 Å². The molecule has 0 atom stereocenters. The van der Waals surface area contributed by atoms with Crippen LogP contribution in [-0.4, -0.2) is 32.9 Å². The normalized spacial score (nSPS) is 10.7. The molecule has 4 aromatic rings. The van der Waals surface area contributed by atoms with E-state index >= 15 is 0 Å². The molecule has 9 heteroatoms. The molecule has 0 aliphatic heterocycles. The summed E-state index contributed by atoms with van der Waals surface area (Å²) in [6, 6.07) is 15.1. The molecule has 4 rings (SSSR count). The molecule has 2 aromatic heterocycles. The Morgan fingerprint density at radius 1 is 1.19 bits per heavy atom. The maximum absolute atomic E-state index is 11.6. The lowest BCUT2D eigenvalue weighted by molar-refractivity contribution is 0.0929. The molecule has 0 saturated carbocycles. The Morgan fingerprint density at radius 2 is 1.94 bits per heavy atom. The van der Waals surface area contributed by atoms with Gasteiger partial charge in [-0.2, -0.15) is 10.4 Å². The van der Waals surface area contributed by atoms with Gasteiger partial charge in [-0.1, -0.05) is 23.7 Å². The number of carbonyl (C=O) groups is 1. The van der Waals surface area contributed by atoms with Crippen LogP contribution in [0.2, 0.25) is 5.02 Å². The van der Waals surface area contributed by atoms with Crippen molar-refractivity contribution in [3.8, 4) is 23.2 Å². The second-order valence-corrected chi connectivity index (χ2v) is 7.61. The van der Waals surface area contributed by atoms with Crippen molar-refractivity contribution in [2.45, 2.75) is 20.3 Å². The first kappa shape index (κ1) is 21.3. The molecule has 160 valence electrons. The smallest absolute Gasteiger partial charge is 0.308 e. The molecule has 2 aromatic carbocycles. The zero-order chi connectivity index (χ0) is 22.8. The first-order valence-electron chi connectivity index (χ1n) is 9.81. The Balaban J connectivity index is 1.57. The first-order valence-corrected chi connectivity index (χ1v) is 10.2. The van der Waals surface area contributed by atoms with Gasteiger partial charge in [-0.3, -0.25) is 4.79 Å². The summed E-state index contributed by atoms with van der Waals surface area (Å²) in [6.07, 6.45) is 0.690. The molecule has 2 heterocycles. The number of amides is 1. The third kappa shape index (κ3) is 3.98. The molecule has 0 aliphatic rings. The van der Waals surface area contributed by atoms with Gasteiger partial charge in [0.1, 0.15) is 6.07 Å². The second kappa shape index (κ2) is 8.65. The number of benzene rings is 2. The van der Waals surface area contributed by atoms with Crippen molar-refractivity contribution >= 4 is 17.5 Å². The van der Waals surface area contributed by atoms with E-state index in [9.17, 15) is 4.79 Å². The Kier molecular flexibility index (Phi) is 5.75. The van der Waals surface area contributed by atoms with Crippen molar-refractivity contribution in [2.75, 3.05) is 7.05 Å². The number of rotatable bonds is 5. The number of aromatic nitrogens is 4. The minimum Gasteiger partial charge on any atom is -0.412 e. The largest absolute Gasteiger partial charge is 0.412 e. The lowest BCUT2D eigenvalue weighted by Gasteiger charge is -2.07. The van der Waals surface area contributed by atoms with E-state index in [1.54, 1.807) is 12.1 Å². The maximum Gasteiger partial charge on any atom is 0.308 e. The van der Waals surface area contributed by atoms with E-state index in [-0.39, 0.29) is 11.8 Å². The number of hydrogen-bond donors (Lipinski definition) is 1. The van der Waals surface area contributed by atoms with Crippen LogP contribution in [0.5, 0.6) is 0 Å². The van der Waals surface area contributed by atoms with E-state index in [1.807, 2.05) is 48.9 Å². The van der Waals surface area contributed by atoms with E-state index < -0.39 is 5.91 Å². The van der Waals surface area contributed by atoms with Crippen LogP contribution < -0.4 is 5.32 Å². The molecule has 0 aliphatic carbocycles. The highest BCUT2D eigenvalue weighted by molar-refractivity contribution is 6.31. The van der Waals surface area contributed by atoms with E-state index in [0.29, 0.717) is 17.0 Å². The van der Waals surface area contributed by atoms with Gasteiger partial charge in [0.15, 0.2) is 0 Å². The van der Waals surface area contributed by atoms with Gasteiger partial charge in [-0.15, -0.1) is 10.2 Å². The van der Waals surface area contributed by atoms with Crippen molar-refractivity contribution in [1.82, 2.24) is 25.3 Å². The number of nitrogens with one attached hydrogen (secondary N) is 1. The molecule has 1 amide bonds. The fourth-order valence-corrected chi connectivity index (χ4v) is 3.63. The summed E-state index contributed by atoms with van der Waals surface area (Å²) in [4.78, 5) is 11.6. The molecular formula is C23H19ClN6O2. The summed E-state index contributed by atoms with van der Waals surface area (Å²) in [7, 11) is 1.50. The number of carbonyl (C=O) groups excluding carboxylic acids is 1. The number of nitrogens with zero attached hydrogens (tertiary/aromatic N) is 5. The van der Waals surface area contributed by atoms with Gasteiger partial charge < -0.3 is 9.73 Å². The minimum absolute atomic E-state index is 0.0758. The van der Waals surface area contributed by atoms with Crippen molar-refractivity contribution < 1.29 is 9.21 Å². The molecule has 1 N–H and O–H groups in total. The Labute approximate surface area is 189 Å². The average Bonchev–Trinajstić information content (AvgIpc) is 3.40. The summed E-state index contributed by atoms with van der Waals surface area (Å²) in [6.45, 7) is 3.98. The fraction of sp³-hybridized carbons (Fsp3) is 0.174. The molecule has 0 spiro atoms. The van der Waals surface area contributed by atoms with Crippen LogP contribution >= 0.6 is 11.6 Å². The van der Waals surface area contributed by atoms with Crippen molar-refractivity contribution in [3.05, 3.63) is 81.5 Å². The summed E-state index contributed by atoms with van der Waals surface area (Å²) in [5.41, 5.74) is 6.08. The van der Waals surface area contributed by atoms with Crippen LogP contribution in [0.15, 0.2) is 46.9 Å². The van der Waals surface area contributed by atoms with Crippen molar-refractivity contribution in [3.63, 3.8) is 0 Å². The van der Waals surface area contributed by atoms with Gasteiger partial charge in [-0.05, 0) is 49.7 Å². The molecule has 8 nitrogen and oxygen atoms in total. The van der Waals surface area contributed by atoms with E-state index in [0.717, 1.165) is 33.8 Å². The molecular weight excluding hydrogens is 428 g/mol. The number of hydrogen-bond acceptors (Lipinski definition) is 6. The van der Waals surface area contributed by atoms with Gasteiger partial charge >= 0.3 is 11.8 Å². The lowest BCUT2D eigenvalue weighted by atomic mass is 10.0. The zero-order valence-corrected chi connectivity index (χ0v) is 18.4. The van der Waals surface area contributed by atoms with Crippen LogP contribution in [0.4, 0.5) is 0 Å². The molecule has 32 heavy (non-hydrogen) atoms. The van der Waals surface area contributed by atoms with Gasteiger partial charge in [0.25, 0.3) is 0 Å². The average molecular weight is 447 g/mol. The van der Waals surface area contributed by atoms with Crippen LogP contribution in [0, 0.1) is 25.2 Å². The van der Waals surface area contributed by atoms with Gasteiger partial charge in [0.05, 0.1) is 22.0 Å². The third-order valence-corrected chi connectivity index (χ3v) is 5.50. The summed E-state index contributed by atoms with van der Waals surface area (Å²) >= 11 is 6.20. The Hall–Kier alpha value is -3.96. The second-order valence-electron chi connectivity index (χ2n) is 7.20. The molecule has 0 radical (unpaired) electrons. The molecule has 0 saturated heterocycles. The van der Waals surface area contributed by atoms with Gasteiger partial charge in [-0.25, -0.2) is 4.68 Å². The van der Waals surface area contributed by atoms with E-state index in [1.165, 1.54) is 7.05 Å². The van der Waals surface area contributed by atoms with Crippen LogP contribution in [-0.2, 0) is 6.42 Å². The number of halogens is 1. The number of aryl methyl sites for hydroxylation is 1. The quantitative estimate of drug-likeness (QED) is 0.496. The standard InChI is InChI=1S/C23H19ClN6O2/c1-13-19(14(2)30(29-13)18-9-8-17(12-25)20(24)11-18)10-15-4-6-16(7-5-15)22-27-28-23(32-22)21(31)26-3/h4-9,11H,10H2,1-3H3,(H,26,31). The van der Waals surface area contributed by atoms with Crippen LogP contribution in [0.25, 0.3) is 17.1 Å². The zero-order valence-electron chi connectivity index (χ0n) is 17.7. The van der Waals surface area contributed by atoms with Gasteiger partial charge in [0, 0.05) is 30.3 Å². The third-order valence-electron chi connectivity index (χ3n) is 5.19. The highest BCUT2D eigenvalue weighted by Gasteiger charge is 2.16. The van der Waals surface area contributed by atoms with E-state index in [2.05, 4.69) is 26.7 Å². The minimum atomic E-state index is -0.424. The molecule has 0 unspecified atom stereocenters. The predicted octanol–water partition coefficient (Wildman–Crippen LogP) is 4.01. The van der Waals surface area contributed by atoms with Crippen LogP contribution in [0.3, 0.4) is 0 Å². The number of nitriles is 1. The van der Waals surface area contributed by atoms with Crippen LogP contribution in [0.1, 0.15) is 38.8 Å². The monoisotopic (exact) mass is 446 g/mol. The Morgan fingerprint density at radius 3 is 2.59 bits per heavy atom. The Bertz CT molecular complexity index is 1350.